The number of halogens is 3. The predicted molar refractivity (Wildman–Crippen MR) is 75.0 cm³/mol. The minimum atomic E-state index is -4.37. The minimum Gasteiger partial charge on any atom is -0.297 e. The zero-order valence-electron chi connectivity index (χ0n) is 12.3. The number of benzene rings is 1. The molecule has 1 fully saturated rings. The van der Waals surface area contributed by atoms with Gasteiger partial charge in [-0.2, -0.15) is 13.2 Å². The van der Waals surface area contributed by atoms with E-state index in [1.54, 1.807) is 6.07 Å². The van der Waals surface area contributed by atoms with E-state index in [9.17, 15) is 18.0 Å². The summed E-state index contributed by atoms with van der Waals surface area (Å²) < 4.78 is 38.1. The molecule has 5 heteroatoms. The number of hydrogen-bond acceptors (Lipinski definition) is 2. The zero-order valence-corrected chi connectivity index (χ0v) is 12.3. The zero-order chi connectivity index (χ0) is 15.7. The molecule has 0 saturated carbocycles. The van der Waals surface area contributed by atoms with Crippen molar-refractivity contribution in [2.45, 2.75) is 44.8 Å². The van der Waals surface area contributed by atoms with Crippen molar-refractivity contribution in [3.05, 3.63) is 35.4 Å². The third-order valence-electron chi connectivity index (χ3n) is 4.20. The average Bonchev–Trinajstić information content (AvgIpc) is 2.92. The van der Waals surface area contributed by atoms with Gasteiger partial charge in [0.1, 0.15) is 0 Å². The topological polar surface area (TPSA) is 20.3 Å². The maximum Gasteiger partial charge on any atom is 0.416 e. The lowest BCUT2D eigenvalue weighted by Crippen LogP contribution is -2.49. The molecule has 1 heterocycles. The van der Waals surface area contributed by atoms with Gasteiger partial charge in [0, 0.05) is 6.42 Å². The fraction of sp³-hybridized carbons (Fsp3) is 0.562. The lowest BCUT2D eigenvalue weighted by Gasteiger charge is -2.34. The molecule has 0 radical (unpaired) electrons. The Morgan fingerprint density at radius 3 is 2.38 bits per heavy atom. The molecule has 0 aliphatic carbocycles. The van der Waals surface area contributed by atoms with E-state index in [-0.39, 0.29) is 12.2 Å². The van der Waals surface area contributed by atoms with Gasteiger partial charge in [-0.1, -0.05) is 18.2 Å². The van der Waals surface area contributed by atoms with Gasteiger partial charge in [-0.15, -0.1) is 0 Å². The van der Waals surface area contributed by atoms with E-state index in [1.807, 2.05) is 13.8 Å². The third kappa shape index (κ3) is 3.64. The van der Waals surface area contributed by atoms with Crippen molar-refractivity contribution in [1.82, 2.24) is 4.90 Å². The van der Waals surface area contributed by atoms with Gasteiger partial charge in [0.2, 0.25) is 0 Å². The van der Waals surface area contributed by atoms with E-state index in [0.717, 1.165) is 38.1 Å². The smallest absolute Gasteiger partial charge is 0.297 e. The summed E-state index contributed by atoms with van der Waals surface area (Å²) in [4.78, 5) is 14.6. The average molecular weight is 299 g/mol. The summed E-state index contributed by atoms with van der Waals surface area (Å²) in [6, 6.07) is 5.03. The second kappa shape index (κ2) is 5.79. The highest BCUT2D eigenvalue weighted by Gasteiger charge is 2.36. The first-order valence-electron chi connectivity index (χ1n) is 7.16. The molecule has 1 aliphatic rings. The predicted octanol–water partition coefficient (Wildman–Crippen LogP) is 3.69. The number of likely N-dealkylation sites (tertiary alicyclic amines) is 1. The Labute approximate surface area is 122 Å². The summed E-state index contributed by atoms with van der Waals surface area (Å²) in [5.41, 5.74) is -0.904. The molecule has 0 amide bonds. The van der Waals surface area contributed by atoms with Crippen molar-refractivity contribution in [3.8, 4) is 0 Å². The summed E-state index contributed by atoms with van der Waals surface area (Å²) in [5, 5.41) is 0. The normalized spacial score (nSPS) is 17.2. The number of carbonyl (C=O) groups is 1. The van der Waals surface area contributed by atoms with Crippen molar-refractivity contribution in [1.29, 1.82) is 0 Å². The second-order valence-corrected chi connectivity index (χ2v) is 6.05. The van der Waals surface area contributed by atoms with Crippen molar-refractivity contribution >= 4 is 5.78 Å². The number of Topliss-reactive ketones (excluding diaryl/α,β-unsaturated/α-hetero) is 1. The number of nitrogens with zero attached hydrogens (tertiary/aromatic N) is 1. The van der Waals surface area contributed by atoms with Crippen molar-refractivity contribution < 1.29 is 18.0 Å². The largest absolute Gasteiger partial charge is 0.416 e. The first-order valence-corrected chi connectivity index (χ1v) is 7.16. The number of alkyl halides is 3. The number of rotatable bonds is 4. The van der Waals surface area contributed by atoms with Crippen LogP contribution in [-0.2, 0) is 17.4 Å². The fourth-order valence-electron chi connectivity index (χ4n) is 2.71. The van der Waals surface area contributed by atoms with Crippen LogP contribution in [0.15, 0.2) is 24.3 Å². The Morgan fingerprint density at radius 2 is 1.81 bits per heavy atom. The Kier molecular flexibility index (Phi) is 4.42. The second-order valence-electron chi connectivity index (χ2n) is 6.05. The van der Waals surface area contributed by atoms with Crippen LogP contribution in [-0.4, -0.2) is 29.3 Å². The van der Waals surface area contributed by atoms with Gasteiger partial charge in [-0.05, 0) is 51.4 Å². The first-order chi connectivity index (χ1) is 9.71. The van der Waals surface area contributed by atoms with Crippen molar-refractivity contribution in [2.24, 2.45) is 0 Å². The maximum atomic E-state index is 12.7. The van der Waals surface area contributed by atoms with Crippen molar-refractivity contribution in [2.75, 3.05) is 13.1 Å². The quantitative estimate of drug-likeness (QED) is 0.845. The molecule has 1 saturated heterocycles. The van der Waals surface area contributed by atoms with E-state index in [2.05, 4.69) is 4.90 Å². The van der Waals surface area contributed by atoms with Crippen LogP contribution in [0.1, 0.15) is 37.8 Å². The summed E-state index contributed by atoms with van der Waals surface area (Å²) in [6.07, 6.45) is -2.20. The van der Waals surface area contributed by atoms with Gasteiger partial charge >= 0.3 is 6.18 Å². The van der Waals surface area contributed by atoms with E-state index < -0.39 is 17.3 Å². The van der Waals surface area contributed by atoms with Gasteiger partial charge in [0.15, 0.2) is 5.78 Å². The van der Waals surface area contributed by atoms with Crippen LogP contribution < -0.4 is 0 Å². The molecule has 2 rings (SSSR count). The van der Waals surface area contributed by atoms with Crippen LogP contribution in [0.5, 0.6) is 0 Å². The molecule has 0 unspecified atom stereocenters. The molecule has 1 aliphatic heterocycles. The van der Waals surface area contributed by atoms with E-state index in [4.69, 9.17) is 0 Å². The third-order valence-corrected chi connectivity index (χ3v) is 4.20. The molecule has 0 bridgehead atoms. The molecular weight excluding hydrogens is 279 g/mol. The van der Waals surface area contributed by atoms with Gasteiger partial charge in [-0.3, -0.25) is 9.69 Å². The highest BCUT2D eigenvalue weighted by Crippen LogP contribution is 2.30. The maximum absolute atomic E-state index is 12.7. The molecule has 116 valence electrons. The van der Waals surface area contributed by atoms with Crippen molar-refractivity contribution in [3.63, 3.8) is 0 Å². The Bertz CT molecular complexity index is 516. The summed E-state index contributed by atoms with van der Waals surface area (Å²) in [5.74, 6) is -0.0382. The molecule has 0 N–H and O–H groups in total. The Hall–Kier alpha value is -1.36. The van der Waals surface area contributed by atoms with Crippen LogP contribution >= 0.6 is 0 Å². The highest BCUT2D eigenvalue weighted by molar-refractivity contribution is 5.89. The lowest BCUT2D eigenvalue weighted by atomic mass is 9.91. The standard InChI is InChI=1S/C16H20F3NO/c1-15(2,20-8-3-4-9-20)14(21)11-12-6-5-7-13(10-12)16(17,18)19/h5-7,10H,3-4,8-9,11H2,1-2H3. The Morgan fingerprint density at radius 1 is 1.19 bits per heavy atom. The molecule has 21 heavy (non-hydrogen) atoms. The van der Waals surface area contributed by atoms with Crippen LogP contribution in [0.4, 0.5) is 13.2 Å². The van der Waals surface area contributed by atoms with E-state index in [1.165, 1.54) is 6.07 Å². The molecule has 1 aromatic carbocycles. The molecule has 1 aromatic rings. The monoisotopic (exact) mass is 299 g/mol. The molecule has 2 nitrogen and oxygen atoms in total. The first kappa shape index (κ1) is 16.0. The minimum absolute atomic E-state index is 0.0351. The number of ketones is 1. The van der Waals surface area contributed by atoms with Crippen LogP contribution in [0.25, 0.3) is 0 Å². The van der Waals surface area contributed by atoms with Crippen LogP contribution in [0.2, 0.25) is 0 Å². The van der Waals surface area contributed by atoms with Gasteiger partial charge in [0.05, 0.1) is 11.1 Å². The highest BCUT2D eigenvalue weighted by atomic mass is 19.4. The van der Waals surface area contributed by atoms with Gasteiger partial charge in [0.25, 0.3) is 0 Å². The summed E-state index contributed by atoms with van der Waals surface area (Å²) in [6.45, 7) is 5.46. The van der Waals surface area contributed by atoms with Crippen LogP contribution in [0, 0.1) is 0 Å². The van der Waals surface area contributed by atoms with E-state index in [0.29, 0.717) is 5.56 Å². The lowest BCUT2D eigenvalue weighted by molar-refractivity contribution is -0.137. The molecule has 0 atom stereocenters. The van der Waals surface area contributed by atoms with Gasteiger partial charge in [-0.25, -0.2) is 0 Å². The number of hydrogen-bond donors (Lipinski definition) is 0. The summed E-state index contributed by atoms with van der Waals surface area (Å²) >= 11 is 0. The van der Waals surface area contributed by atoms with Gasteiger partial charge < -0.3 is 0 Å². The molecular formula is C16H20F3NO. The molecule has 0 aromatic heterocycles. The molecule has 0 spiro atoms. The van der Waals surface area contributed by atoms with Crippen LogP contribution in [0.3, 0.4) is 0 Å². The number of carbonyl (C=O) groups excluding carboxylic acids is 1. The fourth-order valence-corrected chi connectivity index (χ4v) is 2.71. The van der Waals surface area contributed by atoms with E-state index >= 15 is 0 Å². The SMILES string of the molecule is CC(C)(C(=O)Cc1cccc(C(F)(F)F)c1)N1CCCC1. The summed E-state index contributed by atoms with van der Waals surface area (Å²) in [7, 11) is 0. The Balaban J connectivity index is 2.12.